The summed E-state index contributed by atoms with van der Waals surface area (Å²) in [7, 11) is 0. The van der Waals surface area contributed by atoms with E-state index in [-0.39, 0.29) is 17.7 Å². The molecule has 1 saturated heterocycles. The van der Waals surface area contributed by atoms with Crippen molar-refractivity contribution in [3.8, 4) is 5.75 Å². The molecule has 1 fully saturated rings. The fourth-order valence-electron chi connectivity index (χ4n) is 3.81. The maximum Gasteiger partial charge on any atom is 0.225 e. The van der Waals surface area contributed by atoms with Crippen molar-refractivity contribution in [2.24, 2.45) is 0 Å². The molecule has 0 unspecified atom stereocenters. The van der Waals surface area contributed by atoms with Crippen LogP contribution in [0.1, 0.15) is 18.0 Å². The van der Waals surface area contributed by atoms with E-state index >= 15 is 0 Å². The van der Waals surface area contributed by atoms with E-state index in [4.69, 9.17) is 11.6 Å². The third-order valence-corrected chi connectivity index (χ3v) is 5.71. The molecule has 4 rings (SSSR count). The van der Waals surface area contributed by atoms with E-state index in [1.54, 1.807) is 12.1 Å². The lowest BCUT2D eigenvalue weighted by molar-refractivity contribution is -0.132. The van der Waals surface area contributed by atoms with Crippen LogP contribution in [0.3, 0.4) is 0 Å². The zero-order valence-corrected chi connectivity index (χ0v) is 16.9. The number of aromatic hydroxyl groups is 1. The van der Waals surface area contributed by atoms with Crippen LogP contribution in [0.2, 0.25) is 5.02 Å². The Kier molecular flexibility index (Phi) is 5.76. The summed E-state index contributed by atoms with van der Waals surface area (Å²) in [5.74, 6) is 0.421. The molecule has 0 aliphatic carbocycles. The van der Waals surface area contributed by atoms with Gasteiger partial charge in [-0.1, -0.05) is 23.7 Å². The first-order valence-corrected chi connectivity index (χ1v) is 10.2. The maximum absolute atomic E-state index is 13.1. The molecule has 1 N–H and O–H groups in total. The van der Waals surface area contributed by atoms with Crippen LogP contribution in [0.15, 0.2) is 73.1 Å². The van der Waals surface area contributed by atoms with Crippen LogP contribution >= 0.6 is 11.6 Å². The SMILES string of the molecule is O=C(C[C@H](c1ccc(Cl)cc1)n1cccc1)N1CCN(c2ccc(O)cc2)CC1. The van der Waals surface area contributed by atoms with Crippen LogP contribution in [0.4, 0.5) is 5.69 Å². The molecule has 2 aromatic carbocycles. The monoisotopic (exact) mass is 409 g/mol. The standard InChI is InChI=1S/C23H24ClN3O2/c24-19-5-3-18(4-6-19)22(26-11-1-2-12-26)17-23(29)27-15-13-25(14-16-27)20-7-9-21(28)10-8-20/h1-12,22,28H,13-17H2/t22-/m1/s1. The van der Waals surface area contributed by atoms with Crippen LogP contribution in [0.5, 0.6) is 5.75 Å². The van der Waals surface area contributed by atoms with Gasteiger partial charge in [0.05, 0.1) is 12.5 Å². The summed E-state index contributed by atoms with van der Waals surface area (Å²) in [5.41, 5.74) is 2.14. The number of amides is 1. The molecule has 1 atom stereocenters. The van der Waals surface area contributed by atoms with Crippen LogP contribution < -0.4 is 4.90 Å². The predicted molar refractivity (Wildman–Crippen MR) is 116 cm³/mol. The van der Waals surface area contributed by atoms with Gasteiger partial charge in [-0.15, -0.1) is 0 Å². The second-order valence-electron chi connectivity index (χ2n) is 7.29. The van der Waals surface area contributed by atoms with Crippen molar-refractivity contribution in [1.29, 1.82) is 0 Å². The normalized spacial score (nSPS) is 15.3. The molecule has 6 heteroatoms. The largest absolute Gasteiger partial charge is 0.508 e. The first kappa shape index (κ1) is 19.4. The van der Waals surface area contributed by atoms with Gasteiger partial charge in [-0.3, -0.25) is 4.79 Å². The summed E-state index contributed by atoms with van der Waals surface area (Å²) in [5, 5.41) is 10.2. The predicted octanol–water partition coefficient (Wildman–Crippen LogP) is 4.18. The molecule has 0 bridgehead atoms. The summed E-state index contributed by atoms with van der Waals surface area (Å²) in [4.78, 5) is 17.3. The summed E-state index contributed by atoms with van der Waals surface area (Å²) in [6.45, 7) is 2.95. The molecule has 29 heavy (non-hydrogen) atoms. The molecule has 0 saturated carbocycles. The van der Waals surface area contributed by atoms with Gasteiger partial charge < -0.3 is 19.5 Å². The van der Waals surface area contributed by atoms with E-state index in [1.165, 1.54) is 0 Å². The van der Waals surface area contributed by atoms with Crippen molar-refractivity contribution < 1.29 is 9.90 Å². The Labute approximate surface area is 175 Å². The summed E-state index contributed by atoms with van der Waals surface area (Å²) in [6.07, 6.45) is 4.40. The van der Waals surface area contributed by atoms with Gasteiger partial charge in [-0.25, -0.2) is 0 Å². The number of benzene rings is 2. The van der Waals surface area contributed by atoms with E-state index in [1.807, 2.05) is 65.8 Å². The van der Waals surface area contributed by atoms with Gasteiger partial charge in [-0.05, 0) is 54.1 Å². The number of halogens is 1. The molecular weight excluding hydrogens is 386 g/mol. The number of rotatable bonds is 5. The minimum absolute atomic E-state index is 0.0510. The second kappa shape index (κ2) is 8.62. The van der Waals surface area contributed by atoms with E-state index < -0.39 is 0 Å². The minimum atomic E-state index is -0.0510. The number of anilines is 1. The number of carbonyl (C=O) groups excluding carboxylic acids is 1. The van der Waals surface area contributed by atoms with Gasteiger partial charge in [0, 0.05) is 49.3 Å². The van der Waals surface area contributed by atoms with Crippen molar-refractivity contribution in [3.63, 3.8) is 0 Å². The third kappa shape index (κ3) is 4.57. The molecule has 0 radical (unpaired) electrons. The molecule has 5 nitrogen and oxygen atoms in total. The first-order chi connectivity index (χ1) is 14.1. The molecule has 3 aromatic rings. The molecule has 1 aromatic heterocycles. The van der Waals surface area contributed by atoms with Crippen molar-refractivity contribution in [1.82, 2.24) is 9.47 Å². The molecule has 1 aliphatic heterocycles. The Morgan fingerprint density at radius 3 is 2.17 bits per heavy atom. The van der Waals surface area contributed by atoms with Crippen LogP contribution in [-0.4, -0.2) is 46.7 Å². The smallest absolute Gasteiger partial charge is 0.225 e. The van der Waals surface area contributed by atoms with Crippen LogP contribution in [0, 0.1) is 0 Å². The molecule has 0 spiro atoms. The Hall–Kier alpha value is -2.92. The molecule has 1 aliphatic rings. The fourth-order valence-corrected chi connectivity index (χ4v) is 3.93. The highest BCUT2D eigenvalue weighted by Crippen LogP contribution is 2.26. The van der Waals surface area contributed by atoms with Gasteiger partial charge in [0.25, 0.3) is 0 Å². The number of aromatic nitrogens is 1. The second-order valence-corrected chi connectivity index (χ2v) is 7.72. The van der Waals surface area contributed by atoms with E-state index in [0.29, 0.717) is 24.5 Å². The van der Waals surface area contributed by atoms with Crippen molar-refractivity contribution in [2.75, 3.05) is 31.1 Å². The topological polar surface area (TPSA) is 48.7 Å². The number of piperazine rings is 1. The Morgan fingerprint density at radius 2 is 1.55 bits per heavy atom. The number of hydrogen-bond donors (Lipinski definition) is 1. The number of phenols is 1. The van der Waals surface area contributed by atoms with Crippen LogP contribution in [0.25, 0.3) is 0 Å². The molecule has 2 heterocycles. The number of hydrogen-bond acceptors (Lipinski definition) is 3. The van der Waals surface area contributed by atoms with E-state index in [2.05, 4.69) is 9.47 Å². The summed E-state index contributed by atoms with van der Waals surface area (Å²) < 4.78 is 2.08. The highest BCUT2D eigenvalue weighted by atomic mass is 35.5. The average molecular weight is 410 g/mol. The van der Waals surface area contributed by atoms with Crippen molar-refractivity contribution >= 4 is 23.2 Å². The Balaban J connectivity index is 1.42. The van der Waals surface area contributed by atoms with Gasteiger partial charge in [0.15, 0.2) is 0 Å². The zero-order valence-electron chi connectivity index (χ0n) is 16.1. The van der Waals surface area contributed by atoms with Gasteiger partial charge in [0.1, 0.15) is 5.75 Å². The fraction of sp³-hybridized carbons (Fsp3) is 0.261. The molecule has 150 valence electrons. The van der Waals surface area contributed by atoms with Crippen molar-refractivity contribution in [3.05, 3.63) is 83.6 Å². The quantitative estimate of drug-likeness (QED) is 0.687. The Bertz CT molecular complexity index is 931. The van der Waals surface area contributed by atoms with E-state index in [0.717, 1.165) is 24.3 Å². The van der Waals surface area contributed by atoms with Gasteiger partial charge in [-0.2, -0.15) is 0 Å². The molecular formula is C23H24ClN3O2. The average Bonchev–Trinajstić information content (AvgIpc) is 3.28. The molecule has 1 amide bonds. The minimum Gasteiger partial charge on any atom is -0.508 e. The number of phenolic OH excluding ortho intramolecular Hbond substituents is 1. The van der Waals surface area contributed by atoms with Crippen LogP contribution in [-0.2, 0) is 4.79 Å². The zero-order chi connectivity index (χ0) is 20.2. The number of carbonyl (C=O) groups is 1. The number of nitrogens with zero attached hydrogens (tertiary/aromatic N) is 3. The third-order valence-electron chi connectivity index (χ3n) is 5.46. The van der Waals surface area contributed by atoms with Crippen molar-refractivity contribution in [2.45, 2.75) is 12.5 Å². The summed E-state index contributed by atoms with van der Waals surface area (Å²) in [6, 6.07) is 18.8. The lowest BCUT2D eigenvalue weighted by Gasteiger charge is -2.37. The summed E-state index contributed by atoms with van der Waals surface area (Å²) >= 11 is 6.04. The van der Waals surface area contributed by atoms with Gasteiger partial charge in [0.2, 0.25) is 5.91 Å². The lowest BCUT2D eigenvalue weighted by Crippen LogP contribution is -2.49. The van der Waals surface area contributed by atoms with E-state index in [9.17, 15) is 9.90 Å². The first-order valence-electron chi connectivity index (χ1n) is 9.80. The maximum atomic E-state index is 13.1. The highest BCUT2D eigenvalue weighted by Gasteiger charge is 2.25. The Morgan fingerprint density at radius 1 is 0.931 bits per heavy atom. The van der Waals surface area contributed by atoms with Gasteiger partial charge >= 0.3 is 0 Å². The lowest BCUT2D eigenvalue weighted by atomic mass is 10.0. The highest BCUT2D eigenvalue weighted by molar-refractivity contribution is 6.30.